The van der Waals surface area contributed by atoms with Crippen LogP contribution in [0.2, 0.25) is 0 Å². The number of nitrogens with zero attached hydrogens (tertiary/aromatic N) is 2. The third-order valence-electron chi connectivity index (χ3n) is 7.55. The van der Waals surface area contributed by atoms with Crippen molar-refractivity contribution in [1.82, 2.24) is 4.90 Å². The highest BCUT2D eigenvalue weighted by molar-refractivity contribution is 6.06. The van der Waals surface area contributed by atoms with Crippen LogP contribution in [0.15, 0.2) is 54.6 Å². The monoisotopic (exact) mass is 420 g/mol. The predicted octanol–water partition coefficient (Wildman–Crippen LogP) is 5.10. The lowest BCUT2D eigenvalue weighted by Crippen LogP contribution is -2.67. The minimum absolute atomic E-state index is 0.0525. The average molecular weight is 421 g/mol. The number of anilines is 1. The standard InChI is InChI=1S/C26H29FN2O2/c27-21-12-7-13-22(18-21)29-23(19-8-3-1-4-9-19)26(25(29)31)14-16-28(17-15-26)24(30)20-10-5-2-6-11-20/h1,3-4,7-9,12-13,18,20,23H,2,5-6,10-11,14-17H2. The Hall–Kier alpha value is -2.69. The summed E-state index contributed by atoms with van der Waals surface area (Å²) < 4.78 is 13.9. The van der Waals surface area contributed by atoms with Crippen LogP contribution in [-0.2, 0) is 9.59 Å². The maximum absolute atomic E-state index is 13.9. The van der Waals surface area contributed by atoms with Crippen molar-refractivity contribution < 1.29 is 14.0 Å². The first-order valence-electron chi connectivity index (χ1n) is 11.5. The van der Waals surface area contributed by atoms with Gasteiger partial charge in [0.15, 0.2) is 0 Å². The molecule has 1 saturated carbocycles. The van der Waals surface area contributed by atoms with E-state index in [1.54, 1.807) is 17.0 Å². The van der Waals surface area contributed by atoms with Gasteiger partial charge >= 0.3 is 0 Å². The first-order chi connectivity index (χ1) is 15.1. The van der Waals surface area contributed by atoms with Crippen LogP contribution in [0.4, 0.5) is 10.1 Å². The van der Waals surface area contributed by atoms with Crippen LogP contribution < -0.4 is 4.90 Å². The second kappa shape index (κ2) is 8.10. The van der Waals surface area contributed by atoms with E-state index in [1.165, 1.54) is 18.6 Å². The number of piperidine rings is 1. The zero-order valence-electron chi connectivity index (χ0n) is 17.8. The number of carbonyl (C=O) groups is 2. The third-order valence-corrected chi connectivity index (χ3v) is 7.55. The normalized spacial score (nSPS) is 23.6. The van der Waals surface area contributed by atoms with Gasteiger partial charge in [-0.15, -0.1) is 0 Å². The molecule has 31 heavy (non-hydrogen) atoms. The van der Waals surface area contributed by atoms with Crippen LogP contribution in [0, 0.1) is 17.2 Å². The molecule has 2 heterocycles. The summed E-state index contributed by atoms with van der Waals surface area (Å²) >= 11 is 0. The zero-order valence-corrected chi connectivity index (χ0v) is 17.8. The predicted molar refractivity (Wildman–Crippen MR) is 118 cm³/mol. The van der Waals surface area contributed by atoms with E-state index in [2.05, 4.69) is 0 Å². The smallest absolute Gasteiger partial charge is 0.236 e. The van der Waals surface area contributed by atoms with Gasteiger partial charge in [-0.1, -0.05) is 55.7 Å². The van der Waals surface area contributed by atoms with Gasteiger partial charge in [-0.25, -0.2) is 4.39 Å². The van der Waals surface area contributed by atoms with Crippen molar-refractivity contribution >= 4 is 17.5 Å². The van der Waals surface area contributed by atoms with Crippen molar-refractivity contribution in [2.75, 3.05) is 18.0 Å². The van der Waals surface area contributed by atoms with E-state index >= 15 is 0 Å². The molecule has 0 aromatic heterocycles. The SMILES string of the molecule is O=C(C1CCCCC1)N1CCC2(CC1)C(=O)N(c1cccc(F)c1)C2c1ccccc1. The fraction of sp³-hybridized carbons (Fsp3) is 0.462. The minimum Gasteiger partial charge on any atom is -0.342 e. The Bertz CT molecular complexity index is 962. The van der Waals surface area contributed by atoms with E-state index in [0.717, 1.165) is 31.2 Å². The highest BCUT2D eigenvalue weighted by atomic mass is 19.1. The Morgan fingerprint density at radius 3 is 2.32 bits per heavy atom. The number of carbonyl (C=O) groups excluding carboxylic acids is 2. The number of β-lactam (4-membered cyclic amide) rings is 1. The number of rotatable bonds is 3. The molecular weight excluding hydrogens is 391 g/mol. The molecule has 5 heteroatoms. The summed E-state index contributed by atoms with van der Waals surface area (Å²) in [5.41, 5.74) is 1.15. The summed E-state index contributed by atoms with van der Waals surface area (Å²) in [6, 6.07) is 16.2. The van der Waals surface area contributed by atoms with Gasteiger partial charge in [-0.05, 0) is 49.4 Å². The van der Waals surface area contributed by atoms with Crippen molar-refractivity contribution in [2.24, 2.45) is 11.3 Å². The van der Waals surface area contributed by atoms with E-state index in [1.807, 2.05) is 35.2 Å². The molecule has 3 fully saturated rings. The Balaban J connectivity index is 1.39. The Kier molecular flexibility index (Phi) is 5.28. The summed E-state index contributed by atoms with van der Waals surface area (Å²) in [6.07, 6.45) is 6.84. The quantitative estimate of drug-likeness (QED) is 0.648. The number of halogens is 1. The molecule has 2 aliphatic heterocycles. The number of hydrogen-bond donors (Lipinski definition) is 0. The second-order valence-electron chi connectivity index (χ2n) is 9.28. The van der Waals surface area contributed by atoms with Crippen LogP contribution in [0.25, 0.3) is 0 Å². The second-order valence-corrected chi connectivity index (χ2v) is 9.28. The maximum atomic E-state index is 13.9. The molecule has 5 rings (SSSR count). The molecule has 1 aliphatic carbocycles. The Labute approximate surface area is 183 Å². The molecule has 1 spiro atoms. The van der Waals surface area contributed by atoms with Gasteiger partial charge in [0, 0.05) is 24.7 Å². The van der Waals surface area contributed by atoms with Gasteiger partial charge in [0.05, 0.1) is 11.5 Å². The highest BCUT2D eigenvalue weighted by Crippen LogP contribution is 2.57. The lowest BCUT2D eigenvalue weighted by molar-refractivity contribution is -0.151. The Morgan fingerprint density at radius 1 is 0.935 bits per heavy atom. The van der Waals surface area contributed by atoms with Gasteiger partial charge in [0.1, 0.15) is 5.82 Å². The van der Waals surface area contributed by atoms with Gasteiger partial charge < -0.3 is 9.80 Å². The largest absolute Gasteiger partial charge is 0.342 e. The van der Waals surface area contributed by atoms with Gasteiger partial charge in [-0.2, -0.15) is 0 Å². The van der Waals surface area contributed by atoms with Crippen LogP contribution >= 0.6 is 0 Å². The van der Waals surface area contributed by atoms with Gasteiger partial charge in [0.25, 0.3) is 0 Å². The summed E-state index contributed by atoms with van der Waals surface area (Å²) in [6.45, 7) is 1.25. The maximum Gasteiger partial charge on any atom is 0.236 e. The highest BCUT2D eigenvalue weighted by Gasteiger charge is 2.62. The average Bonchev–Trinajstić information content (AvgIpc) is 2.82. The number of hydrogen-bond acceptors (Lipinski definition) is 2. The van der Waals surface area contributed by atoms with Crippen molar-refractivity contribution in [3.8, 4) is 0 Å². The molecule has 0 bridgehead atoms. The van der Waals surface area contributed by atoms with Crippen LogP contribution in [0.3, 0.4) is 0 Å². The molecule has 2 aromatic rings. The van der Waals surface area contributed by atoms with E-state index in [4.69, 9.17) is 0 Å². The van der Waals surface area contributed by atoms with E-state index in [-0.39, 0.29) is 29.6 Å². The van der Waals surface area contributed by atoms with Gasteiger partial charge in [0.2, 0.25) is 11.8 Å². The first kappa shape index (κ1) is 20.2. The van der Waals surface area contributed by atoms with E-state index in [0.29, 0.717) is 31.6 Å². The fourth-order valence-electron chi connectivity index (χ4n) is 5.87. The molecule has 2 amide bonds. The molecular formula is C26H29FN2O2. The number of benzene rings is 2. The summed E-state index contributed by atoms with van der Waals surface area (Å²) in [5.74, 6) is 0.149. The number of amides is 2. The van der Waals surface area contributed by atoms with Crippen LogP contribution in [-0.4, -0.2) is 29.8 Å². The van der Waals surface area contributed by atoms with Crippen molar-refractivity contribution in [3.05, 3.63) is 66.0 Å². The summed E-state index contributed by atoms with van der Waals surface area (Å²) in [5, 5.41) is 0. The molecule has 1 atom stereocenters. The van der Waals surface area contributed by atoms with Crippen molar-refractivity contribution in [2.45, 2.75) is 51.0 Å². The zero-order chi connectivity index (χ0) is 21.4. The molecule has 162 valence electrons. The van der Waals surface area contributed by atoms with E-state index in [9.17, 15) is 14.0 Å². The molecule has 2 saturated heterocycles. The molecule has 4 nitrogen and oxygen atoms in total. The fourth-order valence-corrected chi connectivity index (χ4v) is 5.87. The summed E-state index contributed by atoms with van der Waals surface area (Å²) in [4.78, 5) is 30.3. The van der Waals surface area contributed by atoms with Gasteiger partial charge in [-0.3, -0.25) is 9.59 Å². The first-order valence-corrected chi connectivity index (χ1v) is 11.5. The molecule has 1 unspecified atom stereocenters. The van der Waals surface area contributed by atoms with Crippen molar-refractivity contribution in [1.29, 1.82) is 0 Å². The number of likely N-dealkylation sites (tertiary alicyclic amines) is 1. The minimum atomic E-state index is -0.517. The lowest BCUT2D eigenvalue weighted by atomic mass is 9.62. The topological polar surface area (TPSA) is 40.6 Å². The molecule has 0 radical (unpaired) electrons. The Morgan fingerprint density at radius 2 is 1.65 bits per heavy atom. The van der Waals surface area contributed by atoms with Crippen LogP contribution in [0.5, 0.6) is 0 Å². The molecule has 2 aromatic carbocycles. The molecule has 3 aliphatic rings. The van der Waals surface area contributed by atoms with E-state index < -0.39 is 5.41 Å². The van der Waals surface area contributed by atoms with Crippen molar-refractivity contribution in [3.63, 3.8) is 0 Å². The van der Waals surface area contributed by atoms with Crippen LogP contribution in [0.1, 0.15) is 56.6 Å². The molecule has 0 N–H and O–H groups in total. The third kappa shape index (κ3) is 3.44. The lowest BCUT2D eigenvalue weighted by Gasteiger charge is -2.59. The summed E-state index contributed by atoms with van der Waals surface area (Å²) in [7, 11) is 0.